The summed E-state index contributed by atoms with van der Waals surface area (Å²) in [6, 6.07) is 12.6. The zero-order valence-corrected chi connectivity index (χ0v) is 16.5. The van der Waals surface area contributed by atoms with Crippen molar-refractivity contribution in [3.8, 4) is 11.5 Å². The largest absolute Gasteiger partial charge is 0.493 e. The summed E-state index contributed by atoms with van der Waals surface area (Å²) in [7, 11) is 3.44. The van der Waals surface area contributed by atoms with Crippen LogP contribution in [0.3, 0.4) is 0 Å². The Morgan fingerprint density at radius 1 is 1.08 bits per heavy atom. The standard InChI is InChI=1S/C19H23ClN2O3.ClH/c1-21-10-3-11-22-19(23)15-6-9-17(18(12-15)24-2)25-13-14-4-7-16(20)8-5-14;/h4-9,12,21H,3,10-11,13H2,1-2H3,(H,22,23);1H. The van der Waals surface area contributed by atoms with E-state index in [1.807, 2.05) is 31.3 Å². The molecule has 0 aromatic heterocycles. The molecule has 0 radical (unpaired) electrons. The number of carbonyl (C=O) groups excluding carboxylic acids is 1. The molecule has 7 heteroatoms. The van der Waals surface area contributed by atoms with Gasteiger partial charge in [0.15, 0.2) is 11.5 Å². The van der Waals surface area contributed by atoms with E-state index in [1.165, 1.54) is 0 Å². The van der Waals surface area contributed by atoms with Crippen LogP contribution in [0.4, 0.5) is 0 Å². The quantitative estimate of drug-likeness (QED) is 0.632. The van der Waals surface area contributed by atoms with Crippen LogP contribution in [-0.4, -0.2) is 33.2 Å². The maximum Gasteiger partial charge on any atom is 0.251 e. The van der Waals surface area contributed by atoms with Crippen LogP contribution in [0, 0.1) is 0 Å². The molecule has 0 saturated carbocycles. The minimum absolute atomic E-state index is 0. The van der Waals surface area contributed by atoms with Crippen LogP contribution in [0.1, 0.15) is 22.3 Å². The molecule has 0 bridgehead atoms. The Labute approximate surface area is 165 Å². The third-order valence-electron chi connectivity index (χ3n) is 3.62. The lowest BCUT2D eigenvalue weighted by molar-refractivity contribution is 0.0953. The van der Waals surface area contributed by atoms with Crippen molar-refractivity contribution < 1.29 is 14.3 Å². The summed E-state index contributed by atoms with van der Waals surface area (Å²) in [4.78, 5) is 12.2. The van der Waals surface area contributed by atoms with Gasteiger partial charge in [-0.1, -0.05) is 23.7 Å². The number of halogens is 2. The maximum absolute atomic E-state index is 12.2. The van der Waals surface area contributed by atoms with E-state index in [9.17, 15) is 4.79 Å². The lowest BCUT2D eigenvalue weighted by Crippen LogP contribution is -2.26. The number of amides is 1. The van der Waals surface area contributed by atoms with Gasteiger partial charge in [0.05, 0.1) is 7.11 Å². The molecule has 2 rings (SSSR count). The molecule has 2 aromatic carbocycles. The number of hydrogen-bond donors (Lipinski definition) is 2. The van der Waals surface area contributed by atoms with Crippen LogP contribution in [0.5, 0.6) is 11.5 Å². The van der Waals surface area contributed by atoms with E-state index in [1.54, 1.807) is 25.3 Å². The molecule has 5 nitrogen and oxygen atoms in total. The average Bonchev–Trinajstić information content (AvgIpc) is 2.64. The van der Waals surface area contributed by atoms with Gasteiger partial charge in [0.25, 0.3) is 5.91 Å². The van der Waals surface area contributed by atoms with Crippen molar-refractivity contribution in [2.75, 3.05) is 27.2 Å². The van der Waals surface area contributed by atoms with Gasteiger partial charge in [0, 0.05) is 17.1 Å². The van der Waals surface area contributed by atoms with E-state index in [4.69, 9.17) is 21.1 Å². The number of benzene rings is 2. The fraction of sp³-hybridized carbons (Fsp3) is 0.316. The second-order valence-corrected chi connectivity index (χ2v) is 5.93. The molecule has 0 aliphatic heterocycles. The molecule has 0 unspecified atom stereocenters. The topological polar surface area (TPSA) is 59.6 Å². The highest BCUT2D eigenvalue weighted by atomic mass is 35.5. The second kappa shape index (κ2) is 11.6. The molecule has 0 saturated heterocycles. The van der Waals surface area contributed by atoms with Gasteiger partial charge in [0.2, 0.25) is 0 Å². The first kappa shape index (κ1) is 22.1. The molecule has 0 aliphatic rings. The van der Waals surface area contributed by atoms with Gasteiger partial charge < -0.3 is 20.1 Å². The molecule has 1 amide bonds. The van der Waals surface area contributed by atoms with Gasteiger partial charge in [-0.25, -0.2) is 0 Å². The molecule has 0 fully saturated rings. The summed E-state index contributed by atoms with van der Waals surface area (Å²) < 4.78 is 11.1. The second-order valence-electron chi connectivity index (χ2n) is 5.49. The fourth-order valence-corrected chi connectivity index (χ4v) is 2.36. The van der Waals surface area contributed by atoms with Gasteiger partial charge >= 0.3 is 0 Å². The maximum atomic E-state index is 12.2. The first-order valence-corrected chi connectivity index (χ1v) is 8.50. The predicted molar refractivity (Wildman–Crippen MR) is 107 cm³/mol. The summed E-state index contributed by atoms with van der Waals surface area (Å²) in [5.74, 6) is 0.986. The summed E-state index contributed by atoms with van der Waals surface area (Å²) >= 11 is 5.88. The van der Waals surface area contributed by atoms with Crippen LogP contribution < -0.4 is 20.1 Å². The highest BCUT2D eigenvalue weighted by Gasteiger charge is 2.11. The van der Waals surface area contributed by atoms with Crippen molar-refractivity contribution in [2.24, 2.45) is 0 Å². The molecule has 2 aromatic rings. The number of hydrogen-bond acceptors (Lipinski definition) is 4. The van der Waals surface area contributed by atoms with Crippen molar-refractivity contribution in [3.05, 3.63) is 58.6 Å². The molecule has 0 spiro atoms. The van der Waals surface area contributed by atoms with E-state index >= 15 is 0 Å². The molecule has 142 valence electrons. The Hall–Kier alpha value is -1.95. The first-order valence-electron chi connectivity index (χ1n) is 8.12. The van der Waals surface area contributed by atoms with Crippen LogP contribution in [0.2, 0.25) is 5.02 Å². The predicted octanol–water partition coefficient (Wildman–Crippen LogP) is 3.69. The van der Waals surface area contributed by atoms with Crippen molar-refractivity contribution >= 4 is 29.9 Å². The zero-order valence-electron chi connectivity index (χ0n) is 14.9. The smallest absolute Gasteiger partial charge is 0.251 e. The third kappa shape index (κ3) is 6.75. The molecule has 0 aliphatic carbocycles. The van der Waals surface area contributed by atoms with Gasteiger partial charge in [-0.15, -0.1) is 12.4 Å². The number of rotatable bonds is 9. The summed E-state index contributed by atoms with van der Waals surface area (Å²) in [6.45, 7) is 1.88. The van der Waals surface area contributed by atoms with E-state index in [-0.39, 0.29) is 18.3 Å². The zero-order chi connectivity index (χ0) is 18.1. The molecular formula is C19H24Cl2N2O3. The van der Waals surface area contributed by atoms with E-state index in [0.29, 0.717) is 35.2 Å². The highest BCUT2D eigenvalue weighted by Crippen LogP contribution is 2.29. The number of carbonyl (C=O) groups is 1. The summed E-state index contributed by atoms with van der Waals surface area (Å²) in [5.41, 5.74) is 1.54. The number of methoxy groups -OCH3 is 1. The van der Waals surface area contributed by atoms with E-state index in [2.05, 4.69) is 10.6 Å². The van der Waals surface area contributed by atoms with Crippen molar-refractivity contribution in [1.82, 2.24) is 10.6 Å². The lowest BCUT2D eigenvalue weighted by atomic mass is 10.2. The van der Waals surface area contributed by atoms with Crippen molar-refractivity contribution in [3.63, 3.8) is 0 Å². The summed E-state index contributed by atoms with van der Waals surface area (Å²) in [6.07, 6.45) is 0.877. The number of ether oxygens (including phenoxy) is 2. The van der Waals surface area contributed by atoms with Gasteiger partial charge in [-0.3, -0.25) is 4.79 Å². The molecule has 2 N–H and O–H groups in total. The Bertz CT molecular complexity index is 694. The van der Waals surface area contributed by atoms with Crippen LogP contribution in [0.15, 0.2) is 42.5 Å². The Balaban J connectivity index is 0.00000338. The summed E-state index contributed by atoms with van der Waals surface area (Å²) in [5, 5.41) is 6.61. The molecule has 0 atom stereocenters. The Kier molecular flexibility index (Phi) is 9.88. The van der Waals surface area contributed by atoms with Gasteiger partial charge in [-0.2, -0.15) is 0 Å². The normalized spacial score (nSPS) is 9.96. The van der Waals surface area contributed by atoms with E-state index < -0.39 is 0 Å². The van der Waals surface area contributed by atoms with Crippen LogP contribution in [0.25, 0.3) is 0 Å². The minimum Gasteiger partial charge on any atom is -0.493 e. The van der Waals surface area contributed by atoms with E-state index in [0.717, 1.165) is 18.5 Å². The first-order chi connectivity index (χ1) is 12.1. The SMILES string of the molecule is CNCCCNC(=O)c1ccc(OCc2ccc(Cl)cc2)c(OC)c1.Cl. The van der Waals surface area contributed by atoms with Gasteiger partial charge in [-0.05, 0) is 55.9 Å². The Morgan fingerprint density at radius 2 is 1.81 bits per heavy atom. The fourth-order valence-electron chi connectivity index (χ4n) is 2.24. The van der Waals surface area contributed by atoms with Crippen LogP contribution in [-0.2, 0) is 6.61 Å². The average molecular weight is 399 g/mol. The lowest BCUT2D eigenvalue weighted by Gasteiger charge is -2.12. The van der Waals surface area contributed by atoms with Crippen LogP contribution >= 0.6 is 24.0 Å². The highest BCUT2D eigenvalue weighted by molar-refractivity contribution is 6.30. The minimum atomic E-state index is -0.126. The molecule has 0 heterocycles. The number of nitrogens with one attached hydrogen (secondary N) is 2. The monoisotopic (exact) mass is 398 g/mol. The molecular weight excluding hydrogens is 375 g/mol. The molecule has 26 heavy (non-hydrogen) atoms. The third-order valence-corrected chi connectivity index (χ3v) is 3.87. The Morgan fingerprint density at radius 3 is 2.46 bits per heavy atom. The van der Waals surface area contributed by atoms with Crippen molar-refractivity contribution in [2.45, 2.75) is 13.0 Å². The van der Waals surface area contributed by atoms with Crippen molar-refractivity contribution in [1.29, 1.82) is 0 Å². The van der Waals surface area contributed by atoms with Gasteiger partial charge in [0.1, 0.15) is 6.61 Å².